The predicted molar refractivity (Wildman–Crippen MR) is 76.9 cm³/mol. The lowest BCUT2D eigenvalue weighted by Gasteiger charge is -2.25. The Labute approximate surface area is 121 Å². The van der Waals surface area contributed by atoms with Crippen LogP contribution in [0, 0.1) is 0 Å². The fourth-order valence-corrected chi connectivity index (χ4v) is 2.44. The van der Waals surface area contributed by atoms with Crippen molar-refractivity contribution < 1.29 is 13.5 Å². The standard InChI is InChI=1S/C9H9BrClIO3S/c1-16(14,15)9(10,12)8(13)6-3-2-4-7(11)5-6/h2-5,8,13H,1H3/t8-,9+/m1/s1. The number of aliphatic hydroxyl groups excluding tert-OH is 1. The molecule has 0 aliphatic heterocycles. The Morgan fingerprint density at radius 1 is 1.56 bits per heavy atom. The highest BCUT2D eigenvalue weighted by molar-refractivity contribution is 14.1. The summed E-state index contributed by atoms with van der Waals surface area (Å²) in [5.74, 6) is 0. The van der Waals surface area contributed by atoms with Gasteiger partial charge < -0.3 is 5.11 Å². The van der Waals surface area contributed by atoms with Gasteiger partial charge in [0.2, 0.25) is 1.66 Å². The van der Waals surface area contributed by atoms with Crippen LogP contribution in [0.1, 0.15) is 11.7 Å². The quantitative estimate of drug-likeness (QED) is 0.582. The molecule has 0 amide bonds. The second kappa shape index (κ2) is 5.09. The summed E-state index contributed by atoms with van der Waals surface area (Å²) in [5, 5.41) is 10.5. The van der Waals surface area contributed by atoms with Gasteiger partial charge in [-0.15, -0.1) is 0 Å². The number of rotatable bonds is 3. The first-order valence-corrected chi connectivity index (χ1v) is 8.31. The van der Waals surface area contributed by atoms with E-state index in [1.54, 1.807) is 40.8 Å². The van der Waals surface area contributed by atoms with Crippen LogP contribution in [0.15, 0.2) is 24.3 Å². The molecule has 1 aromatic rings. The van der Waals surface area contributed by atoms with Crippen molar-refractivity contribution in [3.8, 4) is 0 Å². The van der Waals surface area contributed by atoms with Crippen LogP contribution >= 0.6 is 50.1 Å². The van der Waals surface area contributed by atoms with Crippen LogP contribution in [-0.4, -0.2) is 21.4 Å². The zero-order valence-electron chi connectivity index (χ0n) is 8.19. The van der Waals surface area contributed by atoms with E-state index in [0.717, 1.165) is 6.26 Å². The molecule has 1 N–H and O–H groups in total. The van der Waals surface area contributed by atoms with Gasteiger partial charge >= 0.3 is 0 Å². The zero-order valence-corrected chi connectivity index (χ0v) is 13.5. The number of halogens is 3. The van der Waals surface area contributed by atoms with E-state index >= 15 is 0 Å². The highest BCUT2D eigenvalue weighted by atomic mass is 127. The van der Waals surface area contributed by atoms with Crippen molar-refractivity contribution in [2.75, 3.05) is 6.26 Å². The Bertz CT molecular complexity index is 489. The molecule has 0 fully saturated rings. The fraction of sp³-hybridized carbons (Fsp3) is 0.333. The second-order valence-electron chi connectivity index (χ2n) is 3.29. The minimum atomic E-state index is -3.45. The maximum atomic E-state index is 11.5. The van der Waals surface area contributed by atoms with Crippen LogP contribution in [0.4, 0.5) is 0 Å². The van der Waals surface area contributed by atoms with Crippen molar-refractivity contribution in [3.63, 3.8) is 0 Å². The Morgan fingerprint density at radius 3 is 2.56 bits per heavy atom. The molecule has 0 spiro atoms. The molecular weight excluding hydrogens is 430 g/mol. The number of aliphatic hydroxyl groups is 1. The first-order chi connectivity index (χ1) is 7.16. The monoisotopic (exact) mass is 438 g/mol. The minimum Gasteiger partial charge on any atom is -0.385 e. The first-order valence-electron chi connectivity index (χ1n) is 4.17. The third kappa shape index (κ3) is 3.10. The van der Waals surface area contributed by atoms with Crippen LogP contribution in [0.3, 0.4) is 0 Å². The van der Waals surface area contributed by atoms with Gasteiger partial charge in [-0.3, -0.25) is 0 Å². The van der Waals surface area contributed by atoms with E-state index in [-0.39, 0.29) is 0 Å². The maximum absolute atomic E-state index is 11.5. The summed E-state index contributed by atoms with van der Waals surface area (Å²) in [4.78, 5) is 0. The molecule has 0 saturated heterocycles. The number of benzene rings is 1. The van der Waals surface area contributed by atoms with E-state index in [1.165, 1.54) is 6.07 Å². The molecule has 0 saturated carbocycles. The summed E-state index contributed by atoms with van der Waals surface area (Å²) in [5.41, 5.74) is 0.448. The predicted octanol–water partition coefficient (Wildman–Crippen LogP) is 2.90. The molecule has 0 bridgehead atoms. The van der Waals surface area contributed by atoms with Gasteiger partial charge in [0.1, 0.15) is 6.10 Å². The van der Waals surface area contributed by atoms with Crippen molar-refractivity contribution in [1.29, 1.82) is 0 Å². The molecule has 0 unspecified atom stereocenters. The van der Waals surface area contributed by atoms with Crippen molar-refractivity contribution in [1.82, 2.24) is 0 Å². The van der Waals surface area contributed by atoms with Crippen LogP contribution < -0.4 is 0 Å². The summed E-state index contributed by atoms with van der Waals surface area (Å²) in [7, 11) is -3.45. The topological polar surface area (TPSA) is 54.4 Å². The van der Waals surface area contributed by atoms with E-state index in [1.807, 2.05) is 0 Å². The molecule has 16 heavy (non-hydrogen) atoms. The van der Waals surface area contributed by atoms with E-state index in [4.69, 9.17) is 11.6 Å². The summed E-state index contributed by atoms with van der Waals surface area (Å²) in [6.07, 6.45) is -0.135. The van der Waals surface area contributed by atoms with Crippen molar-refractivity contribution in [3.05, 3.63) is 34.9 Å². The highest BCUT2D eigenvalue weighted by Crippen LogP contribution is 2.44. The molecule has 1 rings (SSSR count). The Balaban J connectivity index is 3.17. The molecule has 2 atom stereocenters. The Kier molecular flexibility index (Phi) is 4.68. The summed E-state index contributed by atoms with van der Waals surface area (Å²) < 4.78 is 21.6. The fourth-order valence-electron chi connectivity index (χ4n) is 1.07. The van der Waals surface area contributed by atoms with Gasteiger partial charge in [-0.1, -0.05) is 39.7 Å². The second-order valence-corrected chi connectivity index (χ2v) is 11.6. The van der Waals surface area contributed by atoms with E-state index in [0.29, 0.717) is 10.6 Å². The van der Waals surface area contributed by atoms with Gasteiger partial charge in [0, 0.05) is 11.3 Å². The SMILES string of the molecule is CS(=O)(=O)[C@@](Br)(I)[C@H](O)c1cccc(Cl)c1. The van der Waals surface area contributed by atoms with E-state index in [9.17, 15) is 13.5 Å². The lowest BCUT2D eigenvalue weighted by molar-refractivity contribution is 0.191. The van der Waals surface area contributed by atoms with Gasteiger partial charge in [0.25, 0.3) is 0 Å². The number of hydrogen-bond donors (Lipinski definition) is 1. The van der Waals surface area contributed by atoms with Gasteiger partial charge in [-0.25, -0.2) is 8.42 Å². The van der Waals surface area contributed by atoms with Gasteiger partial charge in [-0.2, -0.15) is 0 Å². The van der Waals surface area contributed by atoms with Crippen LogP contribution in [0.5, 0.6) is 0 Å². The highest BCUT2D eigenvalue weighted by Gasteiger charge is 2.43. The van der Waals surface area contributed by atoms with Crippen molar-refractivity contribution >= 4 is 60.0 Å². The lowest BCUT2D eigenvalue weighted by Crippen LogP contribution is -2.31. The van der Waals surface area contributed by atoms with Crippen LogP contribution in [-0.2, 0) is 9.84 Å². The third-order valence-corrected chi connectivity index (χ3v) is 8.61. The zero-order chi connectivity index (χ0) is 12.6. The van der Waals surface area contributed by atoms with Crippen molar-refractivity contribution in [2.45, 2.75) is 7.77 Å². The molecular formula is C9H9BrClIO3S. The summed E-state index contributed by atoms with van der Waals surface area (Å²) in [6, 6.07) is 6.46. The van der Waals surface area contributed by atoms with Gasteiger partial charge in [-0.05, 0) is 40.3 Å². The molecule has 1 aromatic carbocycles. The van der Waals surface area contributed by atoms with Gasteiger partial charge in [0.15, 0.2) is 9.84 Å². The molecule has 0 aliphatic carbocycles. The smallest absolute Gasteiger partial charge is 0.206 e. The first kappa shape index (κ1) is 14.7. The number of sulfone groups is 1. The average Bonchev–Trinajstić information content (AvgIpc) is 2.14. The Hall–Kier alpha value is 0.630. The van der Waals surface area contributed by atoms with E-state index < -0.39 is 17.6 Å². The third-order valence-electron chi connectivity index (χ3n) is 1.98. The molecule has 0 heterocycles. The lowest BCUT2D eigenvalue weighted by atomic mass is 10.1. The minimum absolute atomic E-state index is 0.448. The number of alkyl halides is 2. The maximum Gasteiger partial charge on any atom is 0.206 e. The van der Waals surface area contributed by atoms with E-state index in [2.05, 4.69) is 15.9 Å². The summed E-state index contributed by atoms with van der Waals surface area (Å²) >= 11 is 10.5. The molecule has 0 aromatic heterocycles. The van der Waals surface area contributed by atoms with Crippen molar-refractivity contribution in [2.24, 2.45) is 0 Å². The van der Waals surface area contributed by atoms with Gasteiger partial charge in [0.05, 0.1) is 0 Å². The normalized spacial score (nSPS) is 17.8. The molecule has 0 aliphatic rings. The molecule has 7 heteroatoms. The summed E-state index contributed by atoms with van der Waals surface area (Å²) in [6.45, 7) is 0. The largest absolute Gasteiger partial charge is 0.385 e. The van der Waals surface area contributed by atoms with Crippen LogP contribution in [0.25, 0.3) is 0 Å². The van der Waals surface area contributed by atoms with Crippen LogP contribution in [0.2, 0.25) is 5.02 Å². The molecule has 3 nitrogen and oxygen atoms in total. The molecule has 0 radical (unpaired) electrons. The average molecular weight is 439 g/mol. The molecule has 90 valence electrons. The Morgan fingerprint density at radius 2 is 2.12 bits per heavy atom. The number of hydrogen-bond acceptors (Lipinski definition) is 3.